The van der Waals surface area contributed by atoms with Gasteiger partial charge in [0.1, 0.15) is 12.4 Å². The van der Waals surface area contributed by atoms with Gasteiger partial charge in [-0.2, -0.15) is 0 Å². The van der Waals surface area contributed by atoms with Crippen molar-refractivity contribution in [3.63, 3.8) is 0 Å². The van der Waals surface area contributed by atoms with Crippen LogP contribution in [-0.4, -0.2) is 6.04 Å². The molecule has 0 aliphatic heterocycles. The van der Waals surface area contributed by atoms with E-state index in [1.54, 1.807) is 0 Å². The van der Waals surface area contributed by atoms with E-state index in [0.29, 0.717) is 6.61 Å². The first-order valence-electron chi connectivity index (χ1n) is 6.83. The zero-order valence-electron chi connectivity index (χ0n) is 11.9. The molecule has 0 aliphatic carbocycles. The summed E-state index contributed by atoms with van der Waals surface area (Å²) in [4.78, 5) is 2.66. The molecular weight excluding hydrogens is 334 g/mol. The van der Waals surface area contributed by atoms with E-state index in [1.165, 1.54) is 15.3 Å². The molecule has 0 aliphatic rings. The van der Waals surface area contributed by atoms with Crippen LogP contribution in [0.25, 0.3) is 0 Å². The van der Waals surface area contributed by atoms with Gasteiger partial charge in [0.25, 0.3) is 0 Å². The first-order chi connectivity index (χ1) is 9.58. The van der Waals surface area contributed by atoms with E-state index in [9.17, 15) is 0 Å². The van der Waals surface area contributed by atoms with E-state index < -0.39 is 0 Å². The summed E-state index contributed by atoms with van der Waals surface area (Å²) >= 11 is 5.37. The summed E-state index contributed by atoms with van der Waals surface area (Å²) in [5.74, 6) is 0.898. The Balaban J connectivity index is 2.02. The summed E-state index contributed by atoms with van der Waals surface area (Å²) in [7, 11) is 0. The maximum Gasteiger partial charge on any atom is 0.122 e. The van der Waals surface area contributed by atoms with Gasteiger partial charge in [-0.05, 0) is 55.7 Å². The van der Waals surface area contributed by atoms with Crippen molar-refractivity contribution in [3.05, 3.63) is 50.1 Å². The number of halogens is 1. The maximum atomic E-state index is 5.88. The SMILES string of the molecule is CCc1ccc(COc2ccc(Br)c(CC(C)N)c2)s1. The fourth-order valence-corrected chi connectivity index (χ4v) is 3.27. The molecule has 1 aromatic carbocycles. The Morgan fingerprint density at radius 2 is 2.00 bits per heavy atom. The third-order valence-corrected chi connectivity index (χ3v) is 4.98. The average molecular weight is 354 g/mol. The van der Waals surface area contributed by atoms with Crippen LogP contribution in [0.5, 0.6) is 5.75 Å². The van der Waals surface area contributed by atoms with Crippen LogP contribution in [0.3, 0.4) is 0 Å². The Morgan fingerprint density at radius 3 is 2.65 bits per heavy atom. The lowest BCUT2D eigenvalue weighted by Crippen LogP contribution is -2.18. The molecule has 2 nitrogen and oxygen atoms in total. The lowest BCUT2D eigenvalue weighted by atomic mass is 10.1. The quantitative estimate of drug-likeness (QED) is 0.827. The molecule has 2 N–H and O–H groups in total. The Bertz CT molecular complexity index is 565. The van der Waals surface area contributed by atoms with Crippen molar-refractivity contribution in [2.45, 2.75) is 39.3 Å². The minimum atomic E-state index is 0.144. The smallest absolute Gasteiger partial charge is 0.122 e. The molecule has 0 fully saturated rings. The van der Waals surface area contributed by atoms with Gasteiger partial charge in [0.05, 0.1) is 0 Å². The van der Waals surface area contributed by atoms with Crippen LogP contribution >= 0.6 is 27.3 Å². The maximum absolute atomic E-state index is 5.88. The predicted molar refractivity (Wildman–Crippen MR) is 89.5 cm³/mol. The number of hydrogen-bond acceptors (Lipinski definition) is 3. The van der Waals surface area contributed by atoms with E-state index in [2.05, 4.69) is 41.1 Å². The van der Waals surface area contributed by atoms with E-state index in [-0.39, 0.29) is 6.04 Å². The third kappa shape index (κ3) is 4.33. The van der Waals surface area contributed by atoms with Gasteiger partial charge in [-0.1, -0.05) is 22.9 Å². The van der Waals surface area contributed by atoms with E-state index in [0.717, 1.165) is 23.1 Å². The summed E-state index contributed by atoms with van der Waals surface area (Å²) in [6.07, 6.45) is 1.93. The van der Waals surface area contributed by atoms with Crippen LogP contribution in [0.2, 0.25) is 0 Å². The summed E-state index contributed by atoms with van der Waals surface area (Å²) in [5, 5.41) is 0. The molecule has 0 amide bonds. The molecule has 108 valence electrons. The minimum Gasteiger partial charge on any atom is -0.488 e. The summed E-state index contributed by atoms with van der Waals surface area (Å²) in [6, 6.07) is 10.5. The lowest BCUT2D eigenvalue weighted by Gasteiger charge is -2.11. The minimum absolute atomic E-state index is 0.144. The van der Waals surface area contributed by atoms with E-state index in [4.69, 9.17) is 10.5 Å². The van der Waals surface area contributed by atoms with Crippen LogP contribution < -0.4 is 10.5 Å². The van der Waals surface area contributed by atoms with Gasteiger partial charge in [-0.3, -0.25) is 0 Å². The lowest BCUT2D eigenvalue weighted by molar-refractivity contribution is 0.309. The van der Waals surface area contributed by atoms with Crippen molar-refractivity contribution < 1.29 is 4.74 Å². The molecule has 1 unspecified atom stereocenters. The Hall–Kier alpha value is -0.840. The molecular formula is C16H20BrNOS. The number of hydrogen-bond donors (Lipinski definition) is 1. The van der Waals surface area contributed by atoms with Crippen molar-refractivity contribution in [2.24, 2.45) is 5.73 Å². The Morgan fingerprint density at radius 1 is 1.25 bits per heavy atom. The highest BCUT2D eigenvalue weighted by Gasteiger charge is 2.06. The second kappa shape index (κ2) is 7.25. The molecule has 2 aromatic rings. The van der Waals surface area contributed by atoms with Gasteiger partial charge in [0, 0.05) is 20.3 Å². The normalized spacial score (nSPS) is 12.4. The highest BCUT2D eigenvalue weighted by molar-refractivity contribution is 9.10. The summed E-state index contributed by atoms with van der Waals surface area (Å²) in [5.41, 5.74) is 7.06. The first-order valence-corrected chi connectivity index (χ1v) is 8.43. The van der Waals surface area contributed by atoms with Crippen LogP contribution in [0, 0.1) is 0 Å². The highest BCUT2D eigenvalue weighted by Crippen LogP contribution is 2.25. The second-order valence-corrected chi connectivity index (χ2v) is 7.05. The van der Waals surface area contributed by atoms with Crippen LogP contribution in [0.1, 0.15) is 29.2 Å². The molecule has 1 aromatic heterocycles. The van der Waals surface area contributed by atoms with Crippen molar-refractivity contribution in [3.8, 4) is 5.75 Å². The Labute approximate surface area is 133 Å². The van der Waals surface area contributed by atoms with Crippen molar-refractivity contribution in [2.75, 3.05) is 0 Å². The number of nitrogens with two attached hydrogens (primary N) is 1. The molecule has 1 atom stereocenters. The second-order valence-electron chi connectivity index (χ2n) is 4.94. The zero-order valence-corrected chi connectivity index (χ0v) is 14.3. The van der Waals surface area contributed by atoms with Crippen molar-refractivity contribution >= 4 is 27.3 Å². The van der Waals surface area contributed by atoms with E-state index in [1.807, 2.05) is 30.4 Å². The third-order valence-electron chi connectivity index (χ3n) is 3.01. The number of rotatable bonds is 6. The van der Waals surface area contributed by atoms with Gasteiger partial charge in [-0.25, -0.2) is 0 Å². The van der Waals surface area contributed by atoms with Crippen molar-refractivity contribution in [1.82, 2.24) is 0 Å². The number of ether oxygens (including phenoxy) is 1. The number of benzene rings is 1. The van der Waals surface area contributed by atoms with Gasteiger partial charge in [-0.15, -0.1) is 11.3 Å². The molecule has 0 radical (unpaired) electrons. The topological polar surface area (TPSA) is 35.2 Å². The zero-order chi connectivity index (χ0) is 14.5. The van der Waals surface area contributed by atoms with Crippen molar-refractivity contribution in [1.29, 1.82) is 0 Å². The standard InChI is InChI=1S/C16H20BrNOS/c1-3-14-5-6-15(20-14)10-19-13-4-7-16(17)12(9-13)8-11(2)18/h4-7,9,11H,3,8,10,18H2,1-2H3. The van der Waals surface area contributed by atoms with Gasteiger partial charge in [0.15, 0.2) is 0 Å². The van der Waals surface area contributed by atoms with Crippen LogP contribution in [-0.2, 0) is 19.4 Å². The fourth-order valence-electron chi connectivity index (χ4n) is 1.99. The van der Waals surface area contributed by atoms with Crippen LogP contribution in [0.4, 0.5) is 0 Å². The molecule has 1 heterocycles. The molecule has 0 spiro atoms. The predicted octanol–water partition coefficient (Wildman–Crippen LogP) is 4.54. The molecule has 0 saturated carbocycles. The highest BCUT2D eigenvalue weighted by atomic mass is 79.9. The van der Waals surface area contributed by atoms with Gasteiger partial charge < -0.3 is 10.5 Å². The largest absolute Gasteiger partial charge is 0.488 e. The summed E-state index contributed by atoms with van der Waals surface area (Å²) in [6.45, 7) is 4.81. The summed E-state index contributed by atoms with van der Waals surface area (Å²) < 4.78 is 6.97. The van der Waals surface area contributed by atoms with Gasteiger partial charge in [0.2, 0.25) is 0 Å². The monoisotopic (exact) mass is 353 g/mol. The molecule has 0 bridgehead atoms. The molecule has 20 heavy (non-hydrogen) atoms. The van der Waals surface area contributed by atoms with Gasteiger partial charge >= 0.3 is 0 Å². The first kappa shape index (κ1) is 15.5. The molecule has 2 rings (SSSR count). The van der Waals surface area contributed by atoms with Crippen LogP contribution in [0.15, 0.2) is 34.8 Å². The van der Waals surface area contributed by atoms with E-state index >= 15 is 0 Å². The average Bonchev–Trinajstić information content (AvgIpc) is 2.87. The number of aryl methyl sites for hydroxylation is 1. The Kier molecular flexibility index (Phi) is 5.64. The fraction of sp³-hybridized carbons (Fsp3) is 0.375. The molecule has 4 heteroatoms. The molecule has 0 saturated heterocycles. The number of thiophene rings is 1.